The Hall–Kier alpha value is -2.14. The quantitative estimate of drug-likeness (QED) is 0.614. The minimum atomic E-state index is -0.276. The Morgan fingerprint density at radius 1 is 1.35 bits per heavy atom. The van der Waals surface area contributed by atoms with Crippen LogP contribution in [0.3, 0.4) is 0 Å². The Kier molecular flexibility index (Phi) is 6.35. The molecular weight excluding hydrogens is 308 g/mol. The van der Waals surface area contributed by atoms with E-state index < -0.39 is 0 Å². The third-order valence-corrected chi connectivity index (χ3v) is 4.66. The lowest BCUT2D eigenvalue weighted by molar-refractivity contribution is -0.123. The van der Waals surface area contributed by atoms with Crippen LogP contribution in [0.5, 0.6) is 5.75 Å². The number of hydrogen-bond donors (Lipinski definition) is 1. The first kappa shape index (κ1) is 17.2. The molecule has 1 amide bonds. The van der Waals surface area contributed by atoms with Gasteiger partial charge in [-0.05, 0) is 54.0 Å². The number of rotatable bonds is 7. The van der Waals surface area contributed by atoms with E-state index in [0.717, 1.165) is 16.9 Å². The summed E-state index contributed by atoms with van der Waals surface area (Å²) in [5.41, 5.74) is 4.89. The van der Waals surface area contributed by atoms with E-state index in [9.17, 15) is 4.79 Å². The Labute approximate surface area is 141 Å². The predicted octanol–water partition coefficient (Wildman–Crippen LogP) is 4.10. The van der Waals surface area contributed by atoms with E-state index in [2.05, 4.69) is 24.4 Å². The van der Waals surface area contributed by atoms with Crippen molar-refractivity contribution in [3.05, 3.63) is 51.7 Å². The molecule has 1 aromatic heterocycles. The second-order valence-corrected chi connectivity index (χ2v) is 6.38. The molecule has 1 heterocycles. The summed E-state index contributed by atoms with van der Waals surface area (Å²) < 4.78 is 5.46. The Morgan fingerprint density at radius 2 is 2.09 bits per heavy atom. The van der Waals surface area contributed by atoms with E-state index in [0.29, 0.717) is 11.7 Å². The fourth-order valence-electron chi connectivity index (χ4n) is 1.99. The molecule has 5 heteroatoms. The minimum Gasteiger partial charge on any atom is -0.484 e. The number of hydrazone groups is 1. The number of amides is 1. The molecule has 0 saturated carbocycles. The van der Waals surface area contributed by atoms with E-state index in [-0.39, 0.29) is 12.5 Å². The maximum absolute atomic E-state index is 11.7. The van der Waals surface area contributed by atoms with Crippen LogP contribution >= 0.6 is 11.3 Å². The number of nitrogens with zero attached hydrogens (tertiary/aromatic N) is 1. The van der Waals surface area contributed by atoms with E-state index >= 15 is 0 Å². The lowest BCUT2D eigenvalue weighted by atomic mass is 9.99. The van der Waals surface area contributed by atoms with Gasteiger partial charge in [0.2, 0.25) is 0 Å². The average molecular weight is 330 g/mol. The van der Waals surface area contributed by atoms with E-state index in [1.165, 1.54) is 5.56 Å². The van der Waals surface area contributed by atoms with Crippen LogP contribution in [0, 0.1) is 6.92 Å². The van der Waals surface area contributed by atoms with Crippen LogP contribution in [0.25, 0.3) is 0 Å². The highest BCUT2D eigenvalue weighted by Crippen LogP contribution is 2.21. The standard InChI is InChI=1S/C18H22N2O2S/c1-4-13(2)15-5-7-16(8-6-15)22-12-18(21)20-19-11-17-14(3)9-10-23-17/h5-11,13H,4,12H2,1-3H3,(H,20,21). The van der Waals surface area contributed by atoms with Crippen LogP contribution in [-0.2, 0) is 4.79 Å². The fraction of sp³-hybridized carbons (Fsp3) is 0.333. The van der Waals surface area contributed by atoms with Crippen molar-refractivity contribution >= 4 is 23.5 Å². The summed E-state index contributed by atoms with van der Waals surface area (Å²) in [6.07, 6.45) is 2.75. The van der Waals surface area contributed by atoms with Gasteiger partial charge in [0.25, 0.3) is 5.91 Å². The summed E-state index contributed by atoms with van der Waals surface area (Å²) in [7, 11) is 0. The smallest absolute Gasteiger partial charge is 0.277 e. The largest absolute Gasteiger partial charge is 0.484 e. The molecule has 1 aromatic carbocycles. The first-order valence-corrected chi connectivity index (χ1v) is 8.57. The average Bonchev–Trinajstić information content (AvgIpc) is 2.98. The van der Waals surface area contributed by atoms with Crippen molar-refractivity contribution in [1.29, 1.82) is 0 Å². The zero-order chi connectivity index (χ0) is 16.7. The molecule has 0 aliphatic carbocycles. The third kappa shape index (κ3) is 5.21. The van der Waals surface area contributed by atoms with Crippen molar-refractivity contribution in [3.8, 4) is 5.75 Å². The molecule has 1 N–H and O–H groups in total. The van der Waals surface area contributed by atoms with Gasteiger partial charge in [0.1, 0.15) is 5.75 Å². The minimum absolute atomic E-state index is 0.0521. The number of hydrogen-bond acceptors (Lipinski definition) is 4. The van der Waals surface area contributed by atoms with Crippen LogP contribution in [0.4, 0.5) is 0 Å². The van der Waals surface area contributed by atoms with Gasteiger partial charge in [-0.2, -0.15) is 5.10 Å². The molecule has 122 valence electrons. The predicted molar refractivity (Wildman–Crippen MR) is 95.4 cm³/mol. The van der Waals surface area contributed by atoms with Crippen molar-refractivity contribution in [2.75, 3.05) is 6.61 Å². The first-order chi connectivity index (χ1) is 11.1. The SMILES string of the molecule is CCC(C)c1ccc(OCC(=O)NN=Cc2sccc2C)cc1. The molecule has 23 heavy (non-hydrogen) atoms. The Bertz CT molecular complexity index is 662. The topological polar surface area (TPSA) is 50.7 Å². The molecule has 0 aliphatic rings. The maximum atomic E-state index is 11.7. The number of carbonyl (C=O) groups is 1. The molecule has 0 aliphatic heterocycles. The number of benzene rings is 1. The molecule has 1 atom stereocenters. The maximum Gasteiger partial charge on any atom is 0.277 e. The molecule has 0 fully saturated rings. The Morgan fingerprint density at radius 3 is 2.70 bits per heavy atom. The summed E-state index contributed by atoms with van der Waals surface area (Å²) >= 11 is 1.58. The van der Waals surface area contributed by atoms with Crippen molar-refractivity contribution < 1.29 is 9.53 Å². The van der Waals surface area contributed by atoms with Gasteiger partial charge in [-0.15, -0.1) is 11.3 Å². The van der Waals surface area contributed by atoms with Gasteiger partial charge in [0.05, 0.1) is 6.21 Å². The molecular formula is C18H22N2O2S. The van der Waals surface area contributed by atoms with Crippen LogP contribution in [-0.4, -0.2) is 18.7 Å². The van der Waals surface area contributed by atoms with Gasteiger partial charge in [-0.1, -0.05) is 26.0 Å². The summed E-state index contributed by atoms with van der Waals surface area (Å²) in [5.74, 6) is 0.939. The van der Waals surface area contributed by atoms with Crippen molar-refractivity contribution in [2.45, 2.75) is 33.1 Å². The molecule has 0 radical (unpaired) electrons. The summed E-state index contributed by atoms with van der Waals surface area (Å²) in [5, 5.41) is 5.93. The monoisotopic (exact) mass is 330 g/mol. The van der Waals surface area contributed by atoms with Gasteiger partial charge in [0, 0.05) is 4.88 Å². The third-order valence-electron chi connectivity index (χ3n) is 3.70. The summed E-state index contributed by atoms with van der Waals surface area (Å²) in [4.78, 5) is 12.7. The van der Waals surface area contributed by atoms with Gasteiger partial charge in [0.15, 0.2) is 6.61 Å². The lowest BCUT2D eigenvalue weighted by Crippen LogP contribution is -2.24. The van der Waals surface area contributed by atoms with E-state index in [4.69, 9.17) is 4.74 Å². The van der Waals surface area contributed by atoms with Crippen molar-refractivity contribution in [2.24, 2.45) is 5.10 Å². The number of aryl methyl sites for hydroxylation is 1. The molecule has 1 unspecified atom stereocenters. The molecule has 4 nitrogen and oxygen atoms in total. The second-order valence-electron chi connectivity index (χ2n) is 5.43. The molecule has 0 bridgehead atoms. The highest BCUT2D eigenvalue weighted by atomic mass is 32.1. The molecule has 2 rings (SSSR count). The van der Waals surface area contributed by atoms with Crippen LogP contribution in [0.2, 0.25) is 0 Å². The normalized spacial score (nSPS) is 12.3. The fourth-order valence-corrected chi connectivity index (χ4v) is 2.78. The number of carbonyl (C=O) groups excluding carboxylic acids is 1. The van der Waals surface area contributed by atoms with E-state index in [1.807, 2.05) is 42.6 Å². The molecule has 0 saturated heterocycles. The number of nitrogens with one attached hydrogen (secondary N) is 1. The first-order valence-electron chi connectivity index (χ1n) is 7.69. The summed E-state index contributed by atoms with van der Waals surface area (Å²) in [6.45, 7) is 6.31. The van der Waals surface area contributed by atoms with Crippen molar-refractivity contribution in [3.63, 3.8) is 0 Å². The van der Waals surface area contributed by atoms with Crippen LogP contribution in [0.1, 0.15) is 42.2 Å². The van der Waals surface area contributed by atoms with Gasteiger partial charge in [-0.25, -0.2) is 5.43 Å². The zero-order valence-electron chi connectivity index (χ0n) is 13.7. The van der Waals surface area contributed by atoms with Gasteiger partial charge in [-0.3, -0.25) is 4.79 Å². The molecule has 2 aromatic rings. The lowest BCUT2D eigenvalue weighted by Gasteiger charge is -2.10. The zero-order valence-corrected chi connectivity index (χ0v) is 14.5. The van der Waals surface area contributed by atoms with Crippen LogP contribution in [0.15, 0.2) is 40.8 Å². The second kappa shape index (κ2) is 8.48. The van der Waals surface area contributed by atoms with Crippen LogP contribution < -0.4 is 10.2 Å². The van der Waals surface area contributed by atoms with Gasteiger partial charge < -0.3 is 4.74 Å². The summed E-state index contributed by atoms with van der Waals surface area (Å²) in [6, 6.07) is 9.89. The highest BCUT2D eigenvalue weighted by molar-refractivity contribution is 7.11. The van der Waals surface area contributed by atoms with Gasteiger partial charge >= 0.3 is 0 Å². The highest BCUT2D eigenvalue weighted by Gasteiger charge is 2.05. The number of ether oxygens (including phenoxy) is 1. The number of thiophene rings is 1. The van der Waals surface area contributed by atoms with Crippen molar-refractivity contribution in [1.82, 2.24) is 5.43 Å². The Balaban J connectivity index is 1.78. The van der Waals surface area contributed by atoms with E-state index in [1.54, 1.807) is 17.6 Å². The molecule has 0 spiro atoms.